The number of hydrogen-bond acceptors (Lipinski definition) is 2. The summed E-state index contributed by atoms with van der Waals surface area (Å²) in [6.45, 7) is 5.50. The van der Waals surface area contributed by atoms with Crippen molar-refractivity contribution in [1.29, 1.82) is 0 Å². The van der Waals surface area contributed by atoms with E-state index >= 15 is 0 Å². The molecule has 0 spiro atoms. The summed E-state index contributed by atoms with van der Waals surface area (Å²) in [4.78, 5) is 11.3. The first-order valence-corrected chi connectivity index (χ1v) is 4.75. The fraction of sp³-hybridized carbons (Fsp3) is 0.333. The van der Waals surface area contributed by atoms with E-state index in [2.05, 4.69) is 0 Å². The van der Waals surface area contributed by atoms with Crippen LogP contribution in [0.5, 0.6) is 0 Å². The maximum Gasteiger partial charge on any atom is 0.310 e. The van der Waals surface area contributed by atoms with Crippen LogP contribution in [0.3, 0.4) is 0 Å². The highest BCUT2D eigenvalue weighted by Crippen LogP contribution is 2.04. The molecular formula is C12H15O2. The molecule has 1 rings (SSSR count). The van der Waals surface area contributed by atoms with Crippen LogP contribution in [-0.2, 0) is 16.0 Å². The van der Waals surface area contributed by atoms with Crippen molar-refractivity contribution in [3.63, 3.8) is 0 Å². The Morgan fingerprint density at radius 1 is 1.36 bits per heavy atom. The molecule has 14 heavy (non-hydrogen) atoms. The maximum atomic E-state index is 11.3. The Bertz CT molecular complexity index is 278. The third-order valence-corrected chi connectivity index (χ3v) is 1.66. The van der Waals surface area contributed by atoms with Crippen molar-refractivity contribution in [1.82, 2.24) is 0 Å². The van der Waals surface area contributed by atoms with Gasteiger partial charge in [-0.15, -0.1) is 0 Å². The number of hydrogen-bond donors (Lipinski definition) is 0. The van der Waals surface area contributed by atoms with Gasteiger partial charge in [-0.25, -0.2) is 0 Å². The highest BCUT2D eigenvalue weighted by atomic mass is 16.5. The molecule has 0 aliphatic carbocycles. The van der Waals surface area contributed by atoms with Crippen molar-refractivity contribution in [2.45, 2.75) is 20.3 Å². The molecule has 1 aromatic rings. The van der Waals surface area contributed by atoms with Crippen molar-refractivity contribution in [2.75, 3.05) is 0 Å². The highest BCUT2D eigenvalue weighted by molar-refractivity contribution is 5.72. The van der Waals surface area contributed by atoms with E-state index < -0.39 is 0 Å². The molecule has 0 aliphatic heterocycles. The molecule has 1 radical (unpaired) electrons. The molecule has 0 fully saturated rings. The number of rotatable bonds is 4. The van der Waals surface area contributed by atoms with Crippen LogP contribution < -0.4 is 0 Å². The summed E-state index contributed by atoms with van der Waals surface area (Å²) in [5, 5.41) is 0. The smallest absolute Gasteiger partial charge is 0.310 e. The normalized spacial score (nSPS) is 10.2. The molecule has 0 aliphatic rings. The second kappa shape index (κ2) is 5.43. The second-order valence-electron chi connectivity index (χ2n) is 3.53. The van der Waals surface area contributed by atoms with Crippen LogP contribution in [0.4, 0.5) is 0 Å². The van der Waals surface area contributed by atoms with Crippen LogP contribution >= 0.6 is 0 Å². The van der Waals surface area contributed by atoms with Gasteiger partial charge in [-0.1, -0.05) is 44.2 Å². The van der Waals surface area contributed by atoms with Crippen molar-refractivity contribution in [3.05, 3.63) is 42.5 Å². The van der Waals surface area contributed by atoms with Crippen LogP contribution in [0.15, 0.2) is 30.3 Å². The minimum absolute atomic E-state index is 0.204. The summed E-state index contributed by atoms with van der Waals surface area (Å²) in [6, 6.07) is 9.58. The number of carbonyl (C=O) groups excluding carboxylic acids is 1. The van der Waals surface area contributed by atoms with Gasteiger partial charge >= 0.3 is 5.97 Å². The molecule has 0 atom stereocenters. The van der Waals surface area contributed by atoms with E-state index in [4.69, 9.17) is 4.74 Å². The first kappa shape index (κ1) is 10.8. The second-order valence-corrected chi connectivity index (χ2v) is 3.53. The lowest BCUT2D eigenvalue weighted by Crippen LogP contribution is -2.08. The first-order valence-electron chi connectivity index (χ1n) is 4.75. The molecule has 0 aromatic heterocycles. The Morgan fingerprint density at radius 3 is 2.57 bits per heavy atom. The van der Waals surface area contributed by atoms with E-state index in [1.165, 1.54) is 0 Å². The lowest BCUT2D eigenvalue weighted by Gasteiger charge is -2.05. The SMILES string of the molecule is CC(C)[CH]OC(=O)Cc1ccccc1. The number of benzene rings is 1. The molecule has 1 aromatic carbocycles. The van der Waals surface area contributed by atoms with Crippen molar-refractivity contribution >= 4 is 5.97 Å². The third kappa shape index (κ3) is 4.08. The van der Waals surface area contributed by atoms with E-state index in [0.717, 1.165) is 5.56 Å². The van der Waals surface area contributed by atoms with Gasteiger partial charge in [0.15, 0.2) is 0 Å². The van der Waals surface area contributed by atoms with Gasteiger partial charge in [-0.3, -0.25) is 4.79 Å². The van der Waals surface area contributed by atoms with E-state index in [9.17, 15) is 4.79 Å². The maximum absolute atomic E-state index is 11.3. The molecule has 0 saturated heterocycles. The Balaban J connectivity index is 2.35. The molecule has 0 heterocycles. The van der Waals surface area contributed by atoms with Crippen LogP contribution in [0, 0.1) is 12.5 Å². The van der Waals surface area contributed by atoms with Gasteiger partial charge in [0.05, 0.1) is 6.42 Å². The number of carbonyl (C=O) groups is 1. The Labute approximate surface area is 84.9 Å². The van der Waals surface area contributed by atoms with Crippen LogP contribution in [0.25, 0.3) is 0 Å². The fourth-order valence-corrected chi connectivity index (χ4v) is 1.02. The van der Waals surface area contributed by atoms with Gasteiger partial charge < -0.3 is 4.74 Å². The molecule has 2 nitrogen and oxygen atoms in total. The summed E-state index contributed by atoms with van der Waals surface area (Å²) in [7, 11) is 0. The number of ether oxygens (including phenoxy) is 1. The summed E-state index contributed by atoms with van der Waals surface area (Å²) in [6.07, 6.45) is 0.337. The summed E-state index contributed by atoms with van der Waals surface area (Å²) >= 11 is 0. The van der Waals surface area contributed by atoms with Crippen molar-refractivity contribution in [3.8, 4) is 0 Å². The lowest BCUT2D eigenvalue weighted by molar-refractivity contribution is -0.140. The van der Waals surface area contributed by atoms with Crippen LogP contribution in [0.2, 0.25) is 0 Å². The van der Waals surface area contributed by atoms with E-state index in [1.54, 1.807) is 6.61 Å². The monoisotopic (exact) mass is 191 g/mol. The summed E-state index contributed by atoms with van der Waals surface area (Å²) in [5.74, 6) is 0.0691. The van der Waals surface area contributed by atoms with Crippen LogP contribution in [0.1, 0.15) is 19.4 Å². The average molecular weight is 191 g/mol. The molecular weight excluding hydrogens is 176 g/mol. The Hall–Kier alpha value is -1.31. The Kier molecular flexibility index (Phi) is 4.17. The average Bonchev–Trinajstić information content (AvgIpc) is 2.16. The lowest BCUT2D eigenvalue weighted by atomic mass is 10.1. The molecule has 0 N–H and O–H groups in total. The molecule has 0 bridgehead atoms. The predicted molar refractivity (Wildman–Crippen MR) is 55.4 cm³/mol. The quantitative estimate of drug-likeness (QED) is 0.684. The van der Waals surface area contributed by atoms with Crippen molar-refractivity contribution < 1.29 is 9.53 Å². The zero-order chi connectivity index (χ0) is 10.4. The van der Waals surface area contributed by atoms with Gasteiger partial charge in [0.2, 0.25) is 0 Å². The van der Waals surface area contributed by atoms with Crippen LogP contribution in [-0.4, -0.2) is 5.97 Å². The largest absolute Gasteiger partial charge is 0.458 e. The fourth-order valence-electron chi connectivity index (χ4n) is 1.02. The molecule has 0 unspecified atom stereocenters. The Morgan fingerprint density at radius 2 is 2.00 bits per heavy atom. The molecule has 0 saturated carbocycles. The van der Waals surface area contributed by atoms with E-state index in [0.29, 0.717) is 6.42 Å². The van der Waals surface area contributed by atoms with Crippen molar-refractivity contribution in [2.24, 2.45) is 5.92 Å². The molecule has 0 amide bonds. The van der Waals surface area contributed by atoms with E-state index in [1.807, 2.05) is 44.2 Å². The van der Waals surface area contributed by atoms with Gasteiger partial charge in [-0.2, -0.15) is 0 Å². The number of esters is 1. The third-order valence-electron chi connectivity index (χ3n) is 1.66. The van der Waals surface area contributed by atoms with E-state index in [-0.39, 0.29) is 11.9 Å². The summed E-state index contributed by atoms with van der Waals surface area (Å²) < 4.78 is 4.94. The minimum atomic E-state index is -0.204. The van der Waals surface area contributed by atoms with Gasteiger partial charge in [0, 0.05) is 0 Å². The standard InChI is InChI=1S/C12H15O2/c1-10(2)9-14-12(13)8-11-6-4-3-5-7-11/h3-7,9-10H,8H2,1-2H3. The van der Waals surface area contributed by atoms with Gasteiger partial charge in [-0.05, 0) is 11.5 Å². The summed E-state index contributed by atoms with van der Waals surface area (Å²) in [5.41, 5.74) is 0.981. The predicted octanol–water partition coefficient (Wildman–Crippen LogP) is 2.59. The zero-order valence-corrected chi connectivity index (χ0v) is 8.57. The minimum Gasteiger partial charge on any atom is -0.458 e. The molecule has 2 heteroatoms. The highest BCUT2D eigenvalue weighted by Gasteiger charge is 2.05. The van der Waals surface area contributed by atoms with Gasteiger partial charge in [0.25, 0.3) is 0 Å². The zero-order valence-electron chi connectivity index (χ0n) is 8.57. The molecule has 75 valence electrons. The topological polar surface area (TPSA) is 26.3 Å². The first-order chi connectivity index (χ1) is 6.68. The van der Waals surface area contributed by atoms with Gasteiger partial charge in [0.1, 0.15) is 6.61 Å².